The number of carbonyl (C=O) groups is 1. The second kappa shape index (κ2) is 6.14. The highest BCUT2D eigenvalue weighted by atomic mass is 79.9. The van der Waals surface area contributed by atoms with E-state index in [1.54, 1.807) is 6.08 Å². The maximum absolute atomic E-state index is 11.4. The molecule has 21 heavy (non-hydrogen) atoms. The fourth-order valence-electron chi connectivity index (χ4n) is 2.34. The lowest BCUT2D eigenvalue weighted by atomic mass is 10.0. The molecule has 2 aromatic carbocycles. The summed E-state index contributed by atoms with van der Waals surface area (Å²) in [5.41, 5.74) is 2.04. The van der Waals surface area contributed by atoms with Crippen molar-refractivity contribution in [3.63, 3.8) is 0 Å². The predicted octanol–water partition coefficient (Wildman–Crippen LogP) is 4.08. The zero-order valence-corrected chi connectivity index (χ0v) is 12.8. The summed E-state index contributed by atoms with van der Waals surface area (Å²) in [5.74, 6) is -0.294. The first-order valence-corrected chi connectivity index (χ1v) is 7.47. The third-order valence-corrected chi connectivity index (χ3v) is 3.80. The van der Waals surface area contributed by atoms with Crippen LogP contribution in [0.3, 0.4) is 0 Å². The first kappa shape index (κ1) is 13.9. The molecule has 0 radical (unpaired) electrons. The molecule has 3 nitrogen and oxygen atoms in total. The molecule has 1 heterocycles. The first-order valence-electron chi connectivity index (χ1n) is 6.68. The number of rotatable bonds is 4. The Kier molecular flexibility index (Phi) is 4.06. The zero-order chi connectivity index (χ0) is 14.7. The fraction of sp³-hybridized carbons (Fsp3) is 0.118. The Labute approximate surface area is 131 Å². The molecule has 3 rings (SSSR count). The van der Waals surface area contributed by atoms with Crippen molar-refractivity contribution < 1.29 is 9.53 Å². The smallest absolute Gasteiger partial charge is 0.331 e. The molecular formula is C17H14BrNO2. The first-order chi connectivity index (χ1) is 10.2. The molecule has 2 unspecified atom stereocenters. The minimum absolute atomic E-state index is 0.122. The Morgan fingerprint density at radius 2 is 1.90 bits per heavy atom. The van der Waals surface area contributed by atoms with Crippen LogP contribution in [0, 0.1) is 0 Å². The maximum atomic E-state index is 11.4. The van der Waals surface area contributed by atoms with E-state index in [2.05, 4.69) is 21.2 Å². The molecule has 2 aromatic rings. The molecule has 0 aliphatic carbocycles. The van der Waals surface area contributed by atoms with Crippen LogP contribution in [0.2, 0.25) is 0 Å². The van der Waals surface area contributed by atoms with E-state index < -0.39 is 0 Å². The summed E-state index contributed by atoms with van der Waals surface area (Å²) in [5, 5.41) is 3.44. The molecule has 2 atom stereocenters. The van der Waals surface area contributed by atoms with Gasteiger partial charge in [0.1, 0.15) is 6.10 Å². The Morgan fingerprint density at radius 1 is 1.10 bits per heavy atom. The van der Waals surface area contributed by atoms with E-state index in [4.69, 9.17) is 4.74 Å². The molecule has 0 fully saturated rings. The van der Waals surface area contributed by atoms with Crippen LogP contribution < -0.4 is 5.32 Å². The van der Waals surface area contributed by atoms with Gasteiger partial charge in [0.2, 0.25) is 0 Å². The van der Waals surface area contributed by atoms with Crippen LogP contribution in [-0.2, 0) is 9.53 Å². The van der Waals surface area contributed by atoms with E-state index >= 15 is 0 Å². The van der Waals surface area contributed by atoms with Crippen LogP contribution in [0.1, 0.15) is 11.6 Å². The molecule has 0 spiro atoms. The van der Waals surface area contributed by atoms with Gasteiger partial charge in [-0.05, 0) is 29.8 Å². The second-order valence-corrected chi connectivity index (χ2v) is 5.72. The van der Waals surface area contributed by atoms with Crippen molar-refractivity contribution in [2.75, 3.05) is 5.32 Å². The number of nitrogens with one attached hydrogen (secondary N) is 1. The minimum atomic E-state index is -0.307. The summed E-state index contributed by atoms with van der Waals surface area (Å²) in [4.78, 5) is 11.4. The molecule has 0 amide bonds. The standard InChI is InChI=1S/C17H14BrNO2/c18-13-7-4-8-14(11-13)19-17(12-5-2-1-3-6-12)15-9-10-16(20)21-15/h1-11,15,17,19H. The van der Waals surface area contributed by atoms with Crippen molar-refractivity contribution in [2.24, 2.45) is 0 Å². The SMILES string of the molecule is O=C1C=CC(C(Nc2cccc(Br)c2)c2ccccc2)O1. The maximum Gasteiger partial charge on any atom is 0.331 e. The number of hydrogen-bond donors (Lipinski definition) is 1. The minimum Gasteiger partial charge on any atom is -0.452 e. The molecule has 0 saturated carbocycles. The number of anilines is 1. The van der Waals surface area contributed by atoms with E-state index in [0.29, 0.717) is 0 Å². The van der Waals surface area contributed by atoms with Gasteiger partial charge in [0.25, 0.3) is 0 Å². The summed E-state index contributed by atoms with van der Waals surface area (Å²) in [6, 6.07) is 17.8. The Bertz CT molecular complexity index is 670. The van der Waals surface area contributed by atoms with Gasteiger partial charge in [0.15, 0.2) is 0 Å². The van der Waals surface area contributed by atoms with Gasteiger partial charge in [-0.2, -0.15) is 0 Å². The molecule has 106 valence electrons. The average molecular weight is 344 g/mol. The van der Waals surface area contributed by atoms with Crippen molar-refractivity contribution >= 4 is 27.6 Å². The monoisotopic (exact) mass is 343 g/mol. The van der Waals surface area contributed by atoms with Crippen LogP contribution in [0.25, 0.3) is 0 Å². The number of ether oxygens (including phenoxy) is 1. The van der Waals surface area contributed by atoms with Gasteiger partial charge in [0.05, 0.1) is 6.04 Å². The van der Waals surface area contributed by atoms with Crippen molar-refractivity contribution in [2.45, 2.75) is 12.1 Å². The van der Waals surface area contributed by atoms with Crippen LogP contribution >= 0.6 is 15.9 Å². The lowest BCUT2D eigenvalue weighted by molar-refractivity contribution is -0.139. The molecule has 0 aromatic heterocycles. The fourth-order valence-corrected chi connectivity index (χ4v) is 2.74. The third kappa shape index (κ3) is 3.34. The van der Waals surface area contributed by atoms with Gasteiger partial charge in [-0.3, -0.25) is 0 Å². The van der Waals surface area contributed by atoms with Gasteiger partial charge in [-0.25, -0.2) is 4.79 Å². The largest absolute Gasteiger partial charge is 0.452 e. The second-order valence-electron chi connectivity index (χ2n) is 4.80. The van der Waals surface area contributed by atoms with E-state index in [0.717, 1.165) is 15.7 Å². The van der Waals surface area contributed by atoms with Crippen molar-refractivity contribution in [3.05, 3.63) is 76.8 Å². The summed E-state index contributed by atoms with van der Waals surface area (Å²) in [6.45, 7) is 0. The zero-order valence-electron chi connectivity index (χ0n) is 11.2. The van der Waals surface area contributed by atoms with Gasteiger partial charge in [-0.1, -0.05) is 52.3 Å². The molecule has 4 heteroatoms. The predicted molar refractivity (Wildman–Crippen MR) is 86.0 cm³/mol. The number of halogens is 1. The van der Waals surface area contributed by atoms with E-state index in [9.17, 15) is 4.79 Å². The lowest BCUT2D eigenvalue weighted by Crippen LogP contribution is -2.25. The summed E-state index contributed by atoms with van der Waals surface area (Å²) >= 11 is 3.46. The number of hydrogen-bond acceptors (Lipinski definition) is 3. The van der Waals surface area contributed by atoms with Gasteiger partial charge >= 0.3 is 5.97 Å². The van der Waals surface area contributed by atoms with E-state index in [-0.39, 0.29) is 18.1 Å². The normalized spacial score (nSPS) is 18.3. The number of carbonyl (C=O) groups excluding carboxylic acids is 1. The summed E-state index contributed by atoms with van der Waals surface area (Å²) in [6.07, 6.45) is 2.97. The molecular weight excluding hydrogens is 330 g/mol. The highest BCUT2D eigenvalue weighted by Gasteiger charge is 2.27. The highest BCUT2D eigenvalue weighted by molar-refractivity contribution is 9.10. The van der Waals surface area contributed by atoms with Crippen molar-refractivity contribution in [3.8, 4) is 0 Å². The Hall–Kier alpha value is -2.07. The van der Waals surface area contributed by atoms with Crippen LogP contribution in [0.15, 0.2) is 71.2 Å². The molecule has 0 bridgehead atoms. The quantitative estimate of drug-likeness (QED) is 0.850. The van der Waals surface area contributed by atoms with E-state index in [1.165, 1.54) is 6.08 Å². The molecule has 1 aliphatic heterocycles. The van der Waals surface area contributed by atoms with Crippen LogP contribution in [0.4, 0.5) is 5.69 Å². The van der Waals surface area contributed by atoms with Crippen LogP contribution in [-0.4, -0.2) is 12.1 Å². The number of benzene rings is 2. The Balaban J connectivity index is 1.89. The van der Waals surface area contributed by atoms with Crippen molar-refractivity contribution in [1.82, 2.24) is 0 Å². The summed E-state index contributed by atoms with van der Waals surface area (Å²) < 4.78 is 6.35. The molecule has 1 N–H and O–H groups in total. The Morgan fingerprint density at radius 3 is 2.57 bits per heavy atom. The third-order valence-electron chi connectivity index (χ3n) is 3.31. The van der Waals surface area contributed by atoms with Gasteiger partial charge < -0.3 is 10.1 Å². The lowest BCUT2D eigenvalue weighted by Gasteiger charge is -2.24. The van der Waals surface area contributed by atoms with Crippen molar-refractivity contribution in [1.29, 1.82) is 0 Å². The topological polar surface area (TPSA) is 38.3 Å². The average Bonchev–Trinajstić information content (AvgIpc) is 2.92. The van der Waals surface area contributed by atoms with Crippen LogP contribution in [0.5, 0.6) is 0 Å². The molecule has 1 aliphatic rings. The molecule has 0 saturated heterocycles. The number of cyclic esters (lactones) is 1. The van der Waals surface area contributed by atoms with Gasteiger partial charge in [0, 0.05) is 16.2 Å². The number of esters is 1. The van der Waals surface area contributed by atoms with Gasteiger partial charge in [-0.15, -0.1) is 0 Å². The highest BCUT2D eigenvalue weighted by Crippen LogP contribution is 2.28. The summed E-state index contributed by atoms with van der Waals surface area (Å²) in [7, 11) is 0. The van der Waals surface area contributed by atoms with E-state index in [1.807, 2.05) is 54.6 Å².